The molecule has 1 heterocycles. The molecule has 3 rings (SSSR count). The highest BCUT2D eigenvalue weighted by molar-refractivity contribution is 6.02. The standard InChI is InChI=1S/C19H15FN4O2/c1-12-3-6-18(26-2)17(9-12)24-8-7-16(23-24)19(25)22-14-4-5-15(20)13(10-14)11-21/h3-10H,1-2H3,(H,22,25). The van der Waals surface area contributed by atoms with Crippen molar-refractivity contribution < 1.29 is 13.9 Å². The van der Waals surface area contributed by atoms with Crippen molar-refractivity contribution in [2.75, 3.05) is 12.4 Å². The van der Waals surface area contributed by atoms with Crippen LogP contribution in [0.25, 0.3) is 5.69 Å². The Bertz CT molecular complexity index is 1020. The Kier molecular flexibility index (Phi) is 4.67. The van der Waals surface area contributed by atoms with Crippen molar-refractivity contribution in [2.45, 2.75) is 6.92 Å². The molecule has 6 nitrogen and oxygen atoms in total. The summed E-state index contributed by atoms with van der Waals surface area (Å²) in [5.41, 5.74) is 2.09. The second-order valence-electron chi connectivity index (χ2n) is 5.58. The van der Waals surface area contributed by atoms with Crippen LogP contribution in [0.3, 0.4) is 0 Å². The summed E-state index contributed by atoms with van der Waals surface area (Å²) in [5.74, 6) is -0.477. The number of amides is 1. The minimum absolute atomic E-state index is 0.141. The summed E-state index contributed by atoms with van der Waals surface area (Å²) in [5, 5.41) is 15.7. The summed E-state index contributed by atoms with van der Waals surface area (Å²) < 4.78 is 20.2. The Labute approximate surface area is 149 Å². The largest absolute Gasteiger partial charge is 0.494 e. The molecule has 0 fully saturated rings. The van der Waals surface area contributed by atoms with E-state index in [0.717, 1.165) is 11.6 Å². The molecule has 1 N–H and O–H groups in total. The minimum Gasteiger partial charge on any atom is -0.494 e. The Balaban J connectivity index is 1.85. The molecule has 0 aliphatic heterocycles. The van der Waals surface area contributed by atoms with Gasteiger partial charge in [0.15, 0.2) is 5.69 Å². The maximum Gasteiger partial charge on any atom is 0.276 e. The van der Waals surface area contributed by atoms with E-state index >= 15 is 0 Å². The Morgan fingerprint density at radius 3 is 2.81 bits per heavy atom. The van der Waals surface area contributed by atoms with Crippen LogP contribution in [-0.2, 0) is 0 Å². The van der Waals surface area contributed by atoms with Gasteiger partial charge in [-0.05, 0) is 48.9 Å². The molecule has 3 aromatic rings. The lowest BCUT2D eigenvalue weighted by Crippen LogP contribution is -2.13. The summed E-state index contributed by atoms with van der Waals surface area (Å²) in [4.78, 5) is 12.4. The zero-order valence-corrected chi connectivity index (χ0v) is 14.2. The first-order valence-corrected chi connectivity index (χ1v) is 7.73. The first-order chi connectivity index (χ1) is 12.5. The highest BCUT2D eigenvalue weighted by Gasteiger charge is 2.14. The third kappa shape index (κ3) is 3.39. The van der Waals surface area contributed by atoms with Crippen LogP contribution < -0.4 is 10.1 Å². The molecule has 0 saturated heterocycles. The molecule has 0 radical (unpaired) electrons. The number of nitriles is 1. The van der Waals surface area contributed by atoms with Crippen molar-refractivity contribution >= 4 is 11.6 Å². The van der Waals surface area contributed by atoms with Crippen molar-refractivity contribution in [3.8, 4) is 17.5 Å². The monoisotopic (exact) mass is 350 g/mol. The fourth-order valence-electron chi connectivity index (χ4n) is 2.44. The van der Waals surface area contributed by atoms with Gasteiger partial charge in [0.05, 0.1) is 12.7 Å². The normalized spacial score (nSPS) is 10.2. The van der Waals surface area contributed by atoms with Gasteiger partial charge in [0, 0.05) is 11.9 Å². The van der Waals surface area contributed by atoms with Crippen molar-refractivity contribution in [2.24, 2.45) is 0 Å². The van der Waals surface area contributed by atoms with Gasteiger partial charge in [0.1, 0.15) is 23.3 Å². The summed E-state index contributed by atoms with van der Waals surface area (Å²) in [7, 11) is 1.56. The molecule has 0 saturated carbocycles. The third-order valence-electron chi connectivity index (χ3n) is 3.75. The number of carbonyl (C=O) groups excluding carboxylic acids is 1. The lowest BCUT2D eigenvalue weighted by molar-refractivity contribution is 0.102. The number of ether oxygens (including phenoxy) is 1. The second kappa shape index (κ2) is 7.07. The number of aromatic nitrogens is 2. The van der Waals surface area contributed by atoms with Crippen LogP contribution in [0, 0.1) is 24.1 Å². The molecule has 0 unspecified atom stereocenters. The zero-order chi connectivity index (χ0) is 18.7. The van der Waals surface area contributed by atoms with Gasteiger partial charge in [-0.2, -0.15) is 10.4 Å². The van der Waals surface area contributed by atoms with Crippen LogP contribution in [0.1, 0.15) is 21.6 Å². The molecule has 0 atom stereocenters. The topological polar surface area (TPSA) is 79.9 Å². The van der Waals surface area contributed by atoms with E-state index in [4.69, 9.17) is 10.00 Å². The molecule has 0 aliphatic rings. The lowest BCUT2D eigenvalue weighted by atomic mass is 10.2. The lowest BCUT2D eigenvalue weighted by Gasteiger charge is -2.09. The van der Waals surface area contributed by atoms with Gasteiger partial charge in [0.25, 0.3) is 5.91 Å². The predicted octanol–water partition coefficient (Wildman–Crippen LogP) is 3.45. The maximum atomic E-state index is 13.4. The van der Waals surface area contributed by atoms with Gasteiger partial charge in [-0.1, -0.05) is 6.07 Å². The summed E-state index contributed by atoms with van der Waals surface area (Å²) in [6.07, 6.45) is 1.65. The number of halogens is 1. The average Bonchev–Trinajstić information content (AvgIpc) is 3.13. The number of hydrogen-bond donors (Lipinski definition) is 1. The van der Waals surface area contributed by atoms with Crippen molar-refractivity contribution in [1.82, 2.24) is 9.78 Å². The van der Waals surface area contributed by atoms with Crippen LogP contribution in [-0.4, -0.2) is 22.8 Å². The third-order valence-corrected chi connectivity index (χ3v) is 3.75. The van der Waals surface area contributed by atoms with E-state index in [1.165, 1.54) is 12.1 Å². The highest BCUT2D eigenvalue weighted by atomic mass is 19.1. The minimum atomic E-state index is -0.638. The van der Waals surface area contributed by atoms with Gasteiger partial charge < -0.3 is 10.1 Å². The van der Waals surface area contributed by atoms with E-state index in [1.54, 1.807) is 30.1 Å². The molecule has 0 bridgehead atoms. The SMILES string of the molecule is COc1ccc(C)cc1-n1ccc(C(=O)Nc2ccc(F)c(C#N)c2)n1. The summed E-state index contributed by atoms with van der Waals surface area (Å²) >= 11 is 0. The predicted molar refractivity (Wildman–Crippen MR) is 93.9 cm³/mol. The first-order valence-electron chi connectivity index (χ1n) is 7.73. The Morgan fingerprint density at radius 2 is 2.08 bits per heavy atom. The van der Waals surface area contributed by atoms with Crippen molar-refractivity contribution in [3.05, 3.63) is 71.3 Å². The number of carbonyl (C=O) groups is 1. The molecular formula is C19H15FN4O2. The van der Waals surface area contributed by atoms with Gasteiger partial charge in [-0.25, -0.2) is 9.07 Å². The van der Waals surface area contributed by atoms with E-state index in [1.807, 2.05) is 25.1 Å². The van der Waals surface area contributed by atoms with Crippen LogP contribution in [0.4, 0.5) is 10.1 Å². The molecule has 0 aliphatic carbocycles. The Hall–Kier alpha value is -3.66. The van der Waals surface area contributed by atoms with Crippen LogP contribution in [0.15, 0.2) is 48.7 Å². The van der Waals surface area contributed by atoms with Crippen LogP contribution in [0.2, 0.25) is 0 Å². The van der Waals surface area contributed by atoms with Crippen molar-refractivity contribution in [1.29, 1.82) is 5.26 Å². The van der Waals surface area contributed by atoms with Crippen molar-refractivity contribution in [3.63, 3.8) is 0 Å². The number of benzene rings is 2. The fraction of sp³-hybridized carbons (Fsp3) is 0.105. The number of methoxy groups -OCH3 is 1. The zero-order valence-electron chi connectivity index (χ0n) is 14.2. The van der Waals surface area contributed by atoms with Gasteiger partial charge in [-0.15, -0.1) is 0 Å². The molecule has 7 heteroatoms. The first kappa shape index (κ1) is 17.2. The van der Waals surface area contributed by atoms with Gasteiger partial charge in [-0.3, -0.25) is 4.79 Å². The van der Waals surface area contributed by atoms with E-state index in [2.05, 4.69) is 10.4 Å². The summed E-state index contributed by atoms with van der Waals surface area (Å²) in [6.45, 7) is 1.95. The molecule has 1 aromatic heterocycles. The van der Waals surface area contributed by atoms with E-state index in [9.17, 15) is 9.18 Å². The molecule has 2 aromatic carbocycles. The second-order valence-corrected chi connectivity index (χ2v) is 5.58. The maximum absolute atomic E-state index is 13.4. The average molecular weight is 350 g/mol. The number of nitrogens with one attached hydrogen (secondary N) is 1. The van der Waals surface area contributed by atoms with Crippen LogP contribution in [0.5, 0.6) is 5.75 Å². The Morgan fingerprint density at radius 1 is 1.27 bits per heavy atom. The number of nitrogens with zero attached hydrogens (tertiary/aromatic N) is 3. The summed E-state index contributed by atoms with van der Waals surface area (Å²) in [6, 6.07) is 12.7. The molecule has 0 spiro atoms. The number of rotatable bonds is 4. The number of hydrogen-bond acceptors (Lipinski definition) is 4. The highest BCUT2D eigenvalue weighted by Crippen LogP contribution is 2.23. The smallest absolute Gasteiger partial charge is 0.276 e. The van der Waals surface area contributed by atoms with E-state index < -0.39 is 11.7 Å². The quantitative estimate of drug-likeness (QED) is 0.781. The van der Waals surface area contributed by atoms with E-state index in [0.29, 0.717) is 17.1 Å². The van der Waals surface area contributed by atoms with Gasteiger partial charge >= 0.3 is 0 Å². The molecule has 130 valence electrons. The fourth-order valence-corrected chi connectivity index (χ4v) is 2.44. The van der Waals surface area contributed by atoms with Crippen LogP contribution >= 0.6 is 0 Å². The molecule has 26 heavy (non-hydrogen) atoms. The number of aryl methyl sites for hydroxylation is 1. The van der Waals surface area contributed by atoms with E-state index in [-0.39, 0.29) is 11.3 Å². The molecule has 1 amide bonds. The van der Waals surface area contributed by atoms with Gasteiger partial charge in [0.2, 0.25) is 0 Å². The molecular weight excluding hydrogens is 335 g/mol. The number of anilines is 1.